The summed E-state index contributed by atoms with van der Waals surface area (Å²) in [5.41, 5.74) is 1.27. The molecule has 2 nitrogen and oxygen atoms in total. The van der Waals surface area contributed by atoms with Gasteiger partial charge in [-0.2, -0.15) is 0 Å². The number of hydrogen-bond acceptors (Lipinski definition) is 3. The van der Waals surface area contributed by atoms with Gasteiger partial charge in [-0.1, -0.05) is 23.7 Å². The van der Waals surface area contributed by atoms with Gasteiger partial charge in [0.2, 0.25) is 0 Å². The maximum absolute atomic E-state index is 6.04. The highest BCUT2D eigenvalue weighted by atomic mass is 35.5. The SMILES string of the molecule is CNCC(Cc1nccs1)c1cccc(Cl)c1. The van der Waals surface area contributed by atoms with Gasteiger partial charge in [0.15, 0.2) is 0 Å². The normalized spacial score (nSPS) is 12.6. The van der Waals surface area contributed by atoms with Crippen LogP contribution >= 0.6 is 22.9 Å². The number of rotatable bonds is 5. The number of nitrogens with zero attached hydrogens (tertiary/aromatic N) is 1. The highest BCUT2D eigenvalue weighted by Gasteiger charge is 2.13. The number of likely N-dealkylation sites (N-methyl/N-ethyl adjacent to an activating group) is 1. The molecule has 0 radical (unpaired) electrons. The summed E-state index contributed by atoms with van der Waals surface area (Å²) >= 11 is 7.74. The van der Waals surface area contributed by atoms with E-state index in [0.29, 0.717) is 5.92 Å². The maximum Gasteiger partial charge on any atom is 0.0931 e. The fourth-order valence-electron chi connectivity index (χ4n) is 1.88. The van der Waals surface area contributed by atoms with Crippen LogP contribution in [0.25, 0.3) is 0 Å². The number of halogens is 1. The Morgan fingerprint density at radius 2 is 2.35 bits per heavy atom. The van der Waals surface area contributed by atoms with E-state index in [1.807, 2.05) is 36.8 Å². The fourth-order valence-corrected chi connectivity index (χ4v) is 2.78. The number of aromatic nitrogens is 1. The molecule has 2 aromatic rings. The Morgan fingerprint density at radius 3 is 3.00 bits per heavy atom. The third kappa shape index (κ3) is 3.53. The lowest BCUT2D eigenvalue weighted by atomic mass is 9.96. The molecule has 0 aliphatic carbocycles. The summed E-state index contributed by atoms with van der Waals surface area (Å²) in [5, 5.41) is 7.22. The molecule has 1 N–H and O–H groups in total. The Balaban J connectivity index is 2.16. The Bertz CT molecular complexity index is 456. The van der Waals surface area contributed by atoms with Crippen LogP contribution in [-0.2, 0) is 6.42 Å². The van der Waals surface area contributed by atoms with Gasteiger partial charge in [-0.3, -0.25) is 0 Å². The summed E-state index contributed by atoms with van der Waals surface area (Å²) in [6.45, 7) is 0.930. The first-order valence-corrected chi connectivity index (χ1v) is 6.84. The van der Waals surface area contributed by atoms with Crippen LogP contribution in [0.3, 0.4) is 0 Å². The summed E-state index contributed by atoms with van der Waals surface area (Å²) < 4.78 is 0. The van der Waals surface area contributed by atoms with Gasteiger partial charge >= 0.3 is 0 Å². The van der Waals surface area contributed by atoms with E-state index < -0.39 is 0 Å². The predicted molar refractivity (Wildman–Crippen MR) is 73.9 cm³/mol. The number of benzene rings is 1. The number of hydrogen-bond donors (Lipinski definition) is 1. The molecule has 1 atom stereocenters. The summed E-state index contributed by atoms with van der Waals surface area (Å²) in [5.74, 6) is 0.421. The van der Waals surface area contributed by atoms with Crippen molar-refractivity contribution in [2.45, 2.75) is 12.3 Å². The molecule has 0 aliphatic heterocycles. The third-order valence-electron chi connectivity index (χ3n) is 2.68. The second kappa shape index (κ2) is 6.15. The Hall–Kier alpha value is -0.900. The van der Waals surface area contributed by atoms with Crippen molar-refractivity contribution in [1.82, 2.24) is 10.3 Å². The molecule has 1 heterocycles. The topological polar surface area (TPSA) is 24.9 Å². The van der Waals surface area contributed by atoms with Crippen molar-refractivity contribution in [3.8, 4) is 0 Å². The second-order valence-corrected chi connectivity index (χ2v) is 5.36. The van der Waals surface area contributed by atoms with E-state index in [9.17, 15) is 0 Å². The van der Waals surface area contributed by atoms with Gasteiger partial charge in [-0.25, -0.2) is 4.98 Å². The molecule has 0 saturated heterocycles. The van der Waals surface area contributed by atoms with Gasteiger partial charge in [0, 0.05) is 35.5 Å². The number of thiazole rings is 1. The molecule has 0 amide bonds. The third-order valence-corrected chi connectivity index (χ3v) is 3.71. The summed E-state index contributed by atoms with van der Waals surface area (Å²) in [4.78, 5) is 4.34. The zero-order valence-electron chi connectivity index (χ0n) is 9.69. The average Bonchev–Trinajstić information content (AvgIpc) is 2.81. The zero-order chi connectivity index (χ0) is 12.1. The molecule has 1 aromatic carbocycles. The van der Waals surface area contributed by atoms with Crippen LogP contribution in [0.1, 0.15) is 16.5 Å². The molecule has 90 valence electrons. The molecular formula is C13H15ClN2S. The van der Waals surface area contributed by atoms with Crippen molar-refractivity contribution >= 4 is 22.9 Å². The van der Waals surface area contributed by atoms with Crippen molar-refractivity contribution in [3.05, 3.63) is 51.4 Å². The van der Waals surface area contributed by atoms with Gasteiger partial charge in [0.1, 0.15) is 0 Å². The first kappa shape index (κ1) is 12.6. The first-order chi connectivity index (χ1) is 8.29. The quantitative estimate of drug-likeness (QED) is 0.898. The van der Waals surface area contributed by atoms with Gasteiger partial charge in [0.25, 0.3) is 0 Å². The van der Waals surface area contributed by atoms with E-state index in [2.05, 4.69) is 16.4 Å². The van der Waals surface area contributed by atoms with E-state index >= 15 is 0 Å². The molecule has 0 spiro atoms. The van der Waals surface area contributed by atoms with Crippen molar-refractivity contribution in [1.29, 1.82) is 0 Å². The largest absolute Gasteiger partial charge is 0.319 e. The predicted octanol–water partition coefficient (Wildman–Crippen LogP) is 3.34. The molecule has 17 heavy (non-hydrogen) atoms. The highest BCUT2D eigenvalue weighted by molar-refractivity contribution is 7.09. The standard InChI is InChI=1S/C13H15ClN2S/c1-15-9-11(8-13-16-5-6-17-13)10-3-2-4-12(14)7-10/h2-7,11,15H,8-9H2,1H3. The molecule has 0 aliphatic rings. The minimum absolute atomic E-state index is 0.421. The average molecular weight is 267 g/mol. The van der Waals surface area contributed by atoms with Crippen molar-refractivity contribution in [2.24, 2.45) is 0 Å². The minimum atomic E-state index is 0.421. The monoisotopic (exact) mass is 266 g/mol. The summed E-state index contributed by atoms with van der Waals surface area (Å²) in [6.07, 6.45) is 2.81. The van der Waals surface area contributed by atoms with Crippen LogP contribution in [-0.4, -0.2) is 18.6 Å². The molecule has 0 bridgehead atoms. The van der Waals surface area contributed by atoms with Gasteiger partial charge in [0.05, 0.1) is 5.01 Å². The van der Waals surface area contributed by atoms with Crippen molar-refractivity contribution in [2.75, 3.05) is 13.6 Å². The number of nitrogens with one attached hydrogen (secondary N) is 1. The smallest absolute Gasteiger partial charge is 0.0931 e. The Morgan fingerprint density at radius 1 is 1.47 bits per heavy atom. The van der Waals surface area contributed by atoms with Crippen LogP contribution < -0.4 is 5.32 Å². The van der Waals surface area contributed by atoms with Crippen molar-refractivity contribution in [3.63, 3.8) is 0 Å². The molecule has 1 aromatic heterocycles. The van der Waals surface area contributed by atoms with Gasteiger partial charge in [-0.15, -0.1) is 11.3 Å². The Labute approximate surface area is 111 Å². The minimum Gasteiger partial charge on any atom is -0.319 e. The Kier molecular flexibility index (Phi) is 4.54. The van der Waals surface area contributed by atoms with E-state index in [1.165, 1.54) is 10.6 Å². The van der Waals surface area contributed by atoms with E-state index in [4.69, 9.17) is 11.6 Å². The molecule has 2 rings (SSSR count). The van der Waals surface area contributed by atoms with Gasteiger partial charge < -0.3 is 5.32 Å². The molecule has 0 fully saturated rings. The summed E-state index contributed by atoms with van der Waals surface area (Å²) in [7, 11) is 1.97. The molecular weight excluding hydrogens is 252 g/mol. The lowest BCUT2D eigenvalue weighted by molar-refractivity contribution is 0.624. The van der Waals surface area contributed by atoms with Crippen LogP contribution in [0.5, 0.6) is 0 Å². The van der Waals surface area contributed by atoms with Crippen LogP contribution in [0, 0.1) is 0 Å². The second-order valence-electron chi connectivity index (χ2n) is 3.94. The van der Waals surface area contributed by atoms with Crippen LogP contribution in [0.4, 0.5) is 0 Å². The van der Waals surface area contributed by atoms with Crippen molar-refractivity contribution < 1.29 is 0 Å². The maximum atomic E-state index is 6.04. The first-order valence-electron chi connectivity index (χ1n) is 5.58. The lowest BCUT2D eigenvalue weighted by Crippen LogP contribution is -2.19. The molecule has 4 heteroatoms. The van der Waals surface area contributed by atoms with Crippen LogP contribution in [0.15, 0.2) is 35.8 Å². The van der Waals surface area contributed by atoms with E-state index in [0.717, 1.165) is 18.0 Å². The van der Waals surface area contributed by atoms with Gasteiger partial charge in [-0.05, 0) is 24.7 Å². The highest BCUT2D eigenvalue weighted by Crippen LogP contribution is 2.23. The van der Waals surface area contributed by atoms with Crippen LogP contribution in [0.2, 0.25) is 5.02 Å². The van der Waals surface area contributed by atoms with E-state index in [-0.39, 0.29) is 0 Å². The zero-order valence-corrected chi connectivity index (χ0v) is 11.3. The molecule has 0 saturated carbocycles. The molecule has 1 unspecified atom stereocenters. The fraction of sp³-hybridized carbons (Fsp3) is 0.308. The summed E-state index contributed by atoms with van der Waals surface area (Å²) in [6, 6.07) is 8.08. The lowest BCUT2D eigenvalue weighted by Gasteiger charge is -2.16. The van der Waals surface area contributed by atoms with E-state index in [1.54, 1.807) is 11.3 Å².